The summed E-state index contributed by atoms with van der Waals surface area (Å²) in [7, 11) is 2.25. The lowest BCUT2D eigenvalue weighted by molar-refractivity contribution is 0.0526. The van der Waals surface area contributed by atoms with Crippen LogP contribution in [-0.2, 0) is 9.16 Å². The molecule has 1 unspecified atom stereocenters. The van der Waals surface area contributed by atoms with Gasteiger partial charge in [0.15, 0.2) is 9.04 Å². The smallest absolute Gasteiger partial charge is 0.342 e. The van der Waals surface area contributed by atoms with Gasteiger partial charge in [0.25, 0.3) is 0 Å². The number of nitrogens with zero attached hydrogens (tertiary/aromatic N) is 2. The van der Waals surface area contributed by atoms with Gasteiger partial charge in [0.2, 0.25) is 0 Å². The van der Waals surface area contributed by atoms with Crippen molar-refractivity contribution in [1.29, 1.82) is 0 Å². The van der Waals surface area contributed by atoms with Gasteiger partial charge in [-0.05, 0) is 49.0 Å². The lowest BCUT2D eigenvalue weighted by atomic mass is 9.78. The molecule has 5 nitrogen and oxygen atoms in total. The maximum absolute atomic E-state index is 13.9. The SMILES string of the molecule is CCOC(=O)c1c(N(C)C)nc(C(C)C)c(C(O[SiH](C)C)C(C)(C)C)c1-c1ccc(F)cc1. The molecule has 2 aromatic rings. The summed E-state index contributed by atoms with van der Waals surface area (Å²) in [4.78, 5) is 20.2. The molecule has 0 radical (unpaired) electrons. The predicted molar refractivity (Wildman–Crippen MR) is 136 cm³/mol. The molecule has 1 aromatic heterocycles. The number of rotatable bonds is 8. The zero-order valence-corrected chi connectivity index (χ0v) is 22.9. The molecule has 182 valence electrons. The second kappa shape index (κ2) is 10.8. The van der Waals surface area contributed by atoms with E-state index in [0.717, 1.165) is 16.8 Å². The van der Waals surface area contributed by atoms with Gasteiger partial charge >= 0.3 is 5.97 Å². The van der Waals surface area contributed by atoms with E-state index in [1.165, 1.54) is 12.1 Å². The normalized spacial score (nSPS) is 12.9. The number of carbonyl (C=O) groups excluding carboxylic acids is 1. The van der Waals surface area contributed by atoms with Crippen molar-refractivity contribution in [2.75, 3.05) is 25.6 Å². The lowest BCUT2D eigenvalue weighted by Gasteiger charge is -2.37. The average Bonchev–Trinajstić information content (AvgIpc) is 2.70. The molecule has 0 bridgehead atoms. The Morgan fingerprint density at radius 2 is 1.73 bits per heavy atom. The molecule has 1 heterocycles. The number of hydrogen-bond donors (Lipinski definition) is 0. The quantitative estimate of drug-likeness (QED) is 0.330. The molecule has 0 aliphatic carbocycles. The predicted octanol–water partition coefficient (Wildman–Crippen LogP) is 6.34. The zero-order valence-electron chi connectivity index (χ0n) is 21.7. The van der Waals surface area contributed by atoms with E-state index in [1.807, 2.05) is 19.0 Å². The van der Waals surface area contributed by atoms with E-state index in [4.69, 9.17) is 14.1 Å². The Morgan fingerprint density at radius 3 is 2.15 bits per heavy atom. The van der Waals surface area contributed by atoms with Gasteiger partial charge in [0.1, 0.15) is 17.2 Å². The van der Waals surface area contributed by atoms with Crippen LogP contribution in [-0.4, -0.2) is 40.7 Å². The maximum atomic E-state index is 13.9. The van der Waals surface area contributed by atoms with E-state index in [2.05, 4.69) is 47.7 Å². The highest BCUT2D eigenvalue weighted by Crippen LogP contribution is 2.47. The Labute approximate surface area is 200 Å². The van der Waals surface area contributed by atoms with Gasteiger partial charge in [0, 0.05) is 25.2 Å². The van der Waals surface area contributed by atoms with Crippen molar-refractivity contribution in [1.82, 2.24) is 4.98 Å². The van der Waals surface area contributed by atoms with Crippen LogP contribution >= 0.6 is 0 Å². The number of esters is 1. The van der Waals surface area contributed by atoms with Gasteiger partial charge < -0.3 is 14.1 Å². The summed E-state index contributed by atoms with van der Waals surface area (Å²) in [6.45, 7) is 16.9. The summed E-state index contributed by atoms with van der Waals surface area (Å²) in [6.07, 6.45) is -0.293. The summed E-state index contributed by atoms with van der Waals surface area (Å²) < 4.78 is 26.0. The molecular weight excluding hydrogens is 435 g/mol. The van der Waals surface area contributed by atoms with Gasteiger partial charge in [-0.15, -0.1) is 0 Å². The third kappa shape index (κ3) is 6.21. The van der Waals surface area contributed by atoms with Crippen molar-refractivity contribution in [2.45, 2.75) is 66.7 Å². The lowest BCUT2D eigenvalue weighted by Crippen LogP contribution is -2.30. The Balaban J connectivity index is 3.14. The van der Waals surface area contributed by atoms with Crippen LogP contribution in [0.2, 0.25) is 13.1 Å². The molecule has 0 saturated heterocycles. The number of halogens is 1. The molecule has 2 rings (SSSR count). The first-order valence-electron chi connectivity index (χ1n) is 11.6. The maximum Gasteiger partial charge on any atom is 0.342 e. The topological polar surface area (TPSA) is 51.7 Å². The number of pyridine rings is 1. The van der Waals surface area contributed by atoms with E-state index >= 15 is 0 Å². The van der Waals surface area contributed by atoms with Crippen molar-refractivity contribution in [2.24, 2.45) is 5.41 Å². The Hall–Kier alpha value is -2.25. The van der Waals surface area contributed by atoms with Crippen molar-refractivity contribution in [3.8, 4) is 11.1 Å². The molecule has 0 spiro atoms. The molecule has 1 aromatic carbocycles. The number of aromatic nitrogens is 1. The standard InChI is InChI=1S/C26H39FN2O3Si/c1-11-31-25(30)21-19(17-12-14-18(27)15-13-17)20(23(26(4,5)6)32-33(9)10)22(16(2)3)28-24(21)29(7)8/h12-16,23,33H,11H2,1-10H3. The van der Waals surface area contributed by atoms with Crippen molar-refractivity contribution in [3.05, 3.63) is 46.9 Å². The molecule has 0 aliphatic rings. The van der Waals surface area contributed by atoms with Crippen molar-refractivity contribution >= 4 is 20.8 Å². The van der Waals surface area contributed by atoms with E-state index in [1.54, 1.807) is 19.1 Å². The molecule has 0 fully saturated rings. The molecular formula is C26H39FN2O3Si. The minimum Gasteiger partial charge on any atom is -0.462 e. The molecule has 1 atom stereocenters. The van der Waals surface area contributed by atoms with Crippen LogP contribution in [0, 0.1) is 11.2 Å². The monoisotopic (exact) mass is 474 g/mol. The summed E-state index contributed by atoms with van der Waals surface area (Å²) >= 11 is 0. The minimum absolute atomic E-state index is 0.0800. The molecule has 33 heavy (non-hydrogen) atoms. The number of anilines is 1. The first kappa shape index (κ1) is 27.0. The van der Waals surface area contributed by atoms with E-state index < -0.39 is 15.0 Å². The summed E-state index contributed by atoms with van der Waals surface area (Å²) in [6, 6.07) is 6.27. The van der Waals surface area contributed by atoms with Gasteiger partial charge in [-0.1, -0.05) is 46.8 Å². The number of hydrogen-bond acceptors (Lipinski definition) is 5. The third-order valence-corrected chi connectivity index (χ3v) is 6.10. The van der Waals surface area contributed by atoms with Crippen molar-refractivity contribution in [3.63, 3.8) is 0 Å². The largest absolute Gasteiger partial charge is 0.462 e. The highest BCUT2D eigenvalue weighted by atomic mass is 28.3. The van der Waals surface area contributed by atoms with E-state index in [9.17, 15) is 9.18 Å². The molecule has 0 N–H and O–H groups in total. The highest BCUT2D eigenvalue weighted by Gasteiger charge is 2.37. The Bertz CT molecular complexity index is 967. The Morgan fingerprint density at radius 1 is 1.15 bits per heavy atom. The molecule has 7 heteroatoms. The van der Waals surface area contributed by atoms with Crippen LogP contribution < -0.4 is 4.90 Å². The van der Waals surface area contributed by atoms with Crippen LogP contribution in [0.3, 0.4) is 0 Å². The zero-order chi connectivity index (χ0) is 25.1. The summed E-state index contributed by atoms with van der Waals surface area (Å²) in [5.74, 6) is -0.160. The molecule has 0 saturated carbocycles. The molecule has 0 amide bonds. The van der Waals surface area contributed by atoms with E-state index in [-0.39, 0.29) is 29.9 Å². The minimum atomic E-state index is -1.47. The van der Waals surface area contributed by atoms with Gasteiger partial charge in [-0.3, -0.25) is 0 Å². The molecule has 0 aliphatic heterocycles. The van der Waals surface area contributed by atoms with Crippen molar-refractivity contribution < 1.29 is 18.3 Å². The average molecular weight is 475 g/mol. The first-order valence-corrected chi connectivity index (χ1v) is 14.4. The van der Waals surface area contributed by atoms with Crippen LogP contribution in [0.5, 0.6) is 0 Å². The number of benzene rings is 1. The fourth-order valence-electron chi connectivity index (χ4n) is 3.92. The van der Waals surface area contributed by atoms with Crippen LogP contribution in [0.1, 0.15) is 75.2 Å². The second-order valence-electron chi connectivity index (χ2n) is 10.2. The second-order valence-corrected chi connectivity index (χ2v) is 12.6. The third-order valence-electron chi connectivity index (χ3n) is 5.29. The van der Waals surface area contributed by atoms with Crippen LogP contribution in [0.4, 0.5) is 10.2 Å². The summed E-state index contributed by atoms with van der Waals surface area (Å²) in [5, 5.41) is 0. The fourth-order valence-corrected chi connectivity index (χ4v) is 5.01. The van der Waals surface area contributed by atoms with Gasteiger partial charge in [0.05, 0.1) is 18.4 Å². The number of ether oxygens (including phenoxy) is 1. The van der Waals surface area contributed by atoms with Gasteiger partial charge in [-0.2, -0.15) is 0 Å². The van der Waals surface area contributed by atoms with Crippen LogP contribution in [0.15, 0.2) is 24.3 Å². The van der Waals surface area contributed by atoms with E-state index in [0.29, 0.717) is 16.9 Å². The van der Waals surface area contributed by atoms with Gasteiger partial charge in [-0.25, -0.2) is 14.2 Å². The Kier molecular flexibility index (Phi) is 8.82. The highest BCUT2D eigenvalue weighted by molar-refractivity contribution is 6.48. The number of carbonyl (C=O) groups is 1. The van der Waals surface area contributed by atoms with Crippen LogP contribution in [0.25, 0.3) is 11.1 Å². The summed E-state index contributed by atoms with van der Waals surface area (Å²) in [5.41, 5.74) is 3.34. The fraction of sp³-hybridized carbons (Fsp3) is 0.538. The first-order chi connectivity index (χ1) is 15.3.